The molecule has 0 fully saturated rings. The molecule has 3 rings (SSSR count). The Hall–Kier alpha value is -3.08. The number of carbonyl (C=O) groups excluding carboxylic acids is 1. The van der Waals surface area contributed by atoms with Crippen LogP contribution in [0.1, 0.15) is 36.1 Å². The van der Waals surface area contributed by atoms with Crippen molar-refractivity contribution >= 4 is 23.3 Å². The van der Waals surface area contributed by atoms with Gasteiger partial charge in [0.2, 0.25) is 0 Å². The minimum atomic E-state index is -1.03. The number of nitrogens with one attached hydrogen (secondary N) is 2. The van der Waals surface area contributed by atoms with Crippen molar-refractivity contribution in [2.75, 3.05) is 6.54 Å². The van der Waals surface area contributed by atoms with Crippen molar-refractivity contribution in [3.8, 4) is 11.3 Å². The van der Waals surface area contributed by atoms with E-state index in [1.165, 1.54) is 11.1 Å². The molecule has 3 N–H and O–H groups in total. The molecule has 0 aliphatic heterocycles. The summed E-state index contributed by atoms with van der Waals surface area (Å²) in [4.78, 5) is 25.9. The third kappa shape index (κ3) is 3.93. The van der Waals surface area contributed by atoms with E-state index in [-0.39, 0.29) is 0 Å². The summed E-state index contributed by atoms with van der Waals surface area (Å²) in [5.74, 6) is 0. The Labute approximate surface area is 164 Å². The number of aromatic amines is 1. The molecule has 0 saturated heterocycles. The first-order chi connectivity index (χ1) is 13.2. The van der Waals surface area contributed by atoms with Gasteiger partial charge in [-0.2, -0.15) is 0 Å². The minimum Gasteiger partial charge on any atom is -0.465 e. The van der Waals surface area contributed by atoms with E-state index in [1.54, 1.807) is 0 Å². The number of hydrogen-bond donors (Lipinski definition) is 3. The van der Waals surface area contributed by atoms with Crippen molar-refractivity contribution in [2.24, 2.45) is 0 Å². The Morgan fingerprint density at radius 1 is 1.14 bits per heavy atom. The van der Waals surface area contributed by atoms with Crippen molar-refractivity contribution < 1.29 is 14.7 Å². The van der Waals surface area contributed by atoms with Crippen LogP contribution in [0.5, 0.6) is 0 Å². The summed E-state index contributed by atoms with van der Waals surface area (Å²) in [6, 6.07) is 12.4. The fourth-order valence-corrected chi connectivity index (χ4v) is 3.64. The van der Waals surface area contributed by atoms with Crippen LogP contribution in [-0.2, 0) is 16.6 Å². The van der Waals surface area contributed by atoms with Crippen LogP contribution >= 0.6 is 0 Å². The van der Waals surface area contributed by atoms with E-state index in [0.29, 0.717) is 13.0 Å². The van der Waals surface area contributed by atoms with E-state index >= 15 is 0 Å². The number of aryl methyl sites for hydroxylation is 2. The number of carbonyl (C=O) groups is 2. The Bertz CT molecular complexity index is 1030. The van der Waals surface area contributed by atoms with Crippen LogP contribution in [0, 0.1) is 13.8 Å². The van der Waals surface area contributed by atoms with Gasteiger partial charge < -0.3 is 20.2 Å². The number of amides is 1. The second kappa shape index (κ2) is 7.50. The lowest BCUT2D eigenvalue weighted by atomic mass is 9.85. The molecule has 146 valence electrons. The van der Waals surface area contributed by atoms with Gasteiger partial charge >= 0.3 is 6.09 Å². The van der Waals surface area contributed by atoms with E-state index in [9.17, 15) is 9.59 Å². The van der Waals surface area contributed by atoms with Gasteiger partial charge in [0.25, 0.3) is 0 Å². The van der Waals surface area contributed by atoms with Crippen molar-refractivity contribution in [1.29, 1.82) is 0 Å². The maximum absolute atomic E-state index is 11.5. The zero-order valence-electron chi connectivity index (χ0n) is 16.7. The number of hydrogen-bond acceptors (Lipinski definition) is 2. The Balaban J connectivity index is 2.18. The molecule has 5 heteroatoms. The van der Waals surface area contributed by atoms with Gasteiger partial charge in [-0.25, -0.2) is 4.79 Å². The topological polar surface area (TPSA) is 82.2 Å². The van der Waals surface area contributed by atoms with Gasteiger partial charge in [-0.15, -0.1) is 0 Å². The first kappa shape index (κ1) is 19.7. The molecular formula is C23H26N2O3. The molecule has 1 aromatic heterocycles. The summed E-state index contributed by atoms with van der Waals surface area (Å²) in [5.41, 5.74) is 6.81. The third-order valence-corrected chi connectivity index (χ3v) is 5.11. The van der Waals surface area contributed by atoms with Crippen LogP contribution in [0.3, 0.4) is 0 Å². The summed E-state index contributed by atoms with van der Waals surface area (Å²) < 4.78 is 0. The molecule has 28 heavy (non-hydrogen) atoms. The Kier molecular flexibility index (Phi) is 5.27. The number of fused-ring (bicyclic) bond motifs is 1. The number of carboxylic acid groups (broad SMARTS) is 1. The van der Waals surface area contributed by atoms with Gasteiger partial charge in [-0.1, -0.05) is 23.3 Å². The van der Waals surface area contributed by atoms with Gasteiger partial charge in [-0.3, -0.25) is 0 Å². The average molecular weight is 378 g/mol. The summed E-state index contributed by atoms with van der Waals surface area (Å²) in [6.07, 6.45) is 0.479. The Morgan fingerprint density at radius 3 is 2.43 bits per heavy atom. The highest BCUT2D eigenvalue weighted by Crippen LogP contribution is 2.34. The first-order valence-electron chi connectivity index (χ1n) is 9.38. The average Bonchev–Trinajstić information content (AvgIpc) is 2.98. The van der Waals surface area contributed by atoms with Gasteiger partial charge in [0.1, 0.15) is 6.29 Å². The predicted octanol–water partition coefficient (Wildman–Crippen LogP) is 4.74. The molecule has 1 amide bonds. The van der Waals surface area contributed by atoms with Gasteiger partial charge in [-0.05, 0) is 75.1 Å². The highest BCUT2D eigenvalue weighted by atomic mass is 16.4. The molecule has 3 aromatic rings. The molecule has 1 heterocycles. The smallest absolute Gasteiger partial charge is 0.404 e. The number of H-pyrrole nitrogens is 1. The lowest BCUT2D eigenvalue weighted by Crippen LogP contribution is -2.23. The lowest BCUT2D eigenvalue weighted by Gasteiger charge is -2.17. The molecule has 0 spiro atoms. The molecule has 0 aliphatic carbocycles. The summed E-state index contributed by atoms with van der Waals surface area (Å²) >= 11 is 0. The second-order valence-electron chi connectivity index (χ2n) is 7.94. The molecule has 0 atom stereocenters. The number of aldehydes is 1. The molecule has 0 saturated carbocycles. The predicted molar refractivity (Wildman–Crippen MR) is 112 cm³/mol. The largest absolute Gasteiger partial charge is 0.465 e. The molecule has 0 unspecified atom stereocenters. The van der Waals surface area contributed by atoms with Gasteiger partial charge in [0, 0.05) is 28.6 Å². The van der Waals surface area contributed by atoms with E-state index in [2.05, 4.69) is 42.3 Å². The van der Waals surface area contributed by atoms with Crippen LogP contribution in [0.25, 0.3) is 22.2 Å². The minimum absolute atomic E-state index is 0.321. The summed E-state index contributed by atoms with van der Waals surface area (Å²) in [6.45, 7) is 8.24. The van der Waals surface area contributed by atoms with Crippen molar-refractivity contribution in [3.05, 3.63) is 58.7 Å². The number of aromatic nitrogens is 1. The van der Waals surface area contributed by atoms with Gasteiger partial charge in [0.05, 0.1) is 0 Å². The van der Waals surface area contributed by atoms with E-state index < -0.39 is 11.5 Å². The summed E-state index contributed by atoms with van der Waals surface area (Å²) in [7, 11) is 0. The maximum atomic E-state index is 11.5. The molecule has 5 nitrogen and oxygen atoms in total. The van der Waals surface area contributed by atoms with Crippen LogP contribution in [0.15, 0.2) is 36.4 Å². The molecular weight excluding hydrogens is 352 g/mol. The van der Waals surface area contributed by atoms with Crippen LogP contribution in [0.2, 0.25) is 0 Å². The zero-order chi connectivity index (χ0) is 20.5. The van der Waals surface area contributed by atoms with Crippen LogP contribution in [-0.4, -0.2) is 29.0 Å². The maximum Gasteiger partial charge on any atom is 0.404 e. The molecule has 2 aromatic carbocycles. The number of rotatable bonds is 6. The number of benzene rings is 2. The molecule has 0 bridgehead atoms. The SMILES string of the molecule is Cc1cc(C)cc(-c2[nH]c3ccc(C(C)(C)C=O)cc3c2CCNC(=O)O)c1. The standard InChI is InChI=1S/C23H26N2O3/c1-14-9-15(2)11-16(10-14)21-18(7-8-24-22(27)28)19-12-17(23(3,4)13-26)5-6-20(19)25-21/h5-6,9-13,24-25H,7-8H2,1-4H3,(H,27,28). The highest BCUT2D eigenvalue weighted by molar-refractivity contribution is 5.92. The summed E-state index contributed by atoms with van der Waals surface area (Å²) in [5, 5.41) is 12.4. The van der Waals surface area contributed by atoms with E-state index in [1.807, 2.05) is 32.0 Å². The monoisotopic (exact) mass is 378 g/mol. The van der Waals surface area contributed by atoms with Crippen LogP contribution in [0.4, 0.5) is 4.79 Å². The van der Waals surface area contributed by atoms with Gasteiger partial charge in [0.15, 0.2) is 0 Å². The van der Waals surface area contributed by atoms with E-state index in [4.69, 9.17) is 5.11 Å². The fourth-order valence-electron chi connectivity index (χ4n) is 3.64. The quantitative estimate of drug-likeness (QED) is 0.542. The van der Waals surface area contributed by atoms with Crippen molar-refractivity contribution in [1.82, 2.24) is 10.3 Å². The van der Waals surface area contributed by atoms with Crippen molar-refractivity contribution in [2.45, 2.75) is 39.5 Å². The highest BCUT2D eigenvalue weighted by Gasteiger charge is 2.22. The van der Waals surface area contributed by atoms with Crippen LogP contribution < -0.4 is 5.32 Å². The van der Waals surface area contributed by atoms with Crippen molar-refractivity contribution in [3.63, 3.8) is 0 Å². The molecule has 0 aliphatic rings. The second-order valence-corrected chi connectivity index (χ2v) is 7.94. The van der Waals surface area contributed by atoms with E-state index in [0.717, 1.165) is 39.6 Å². The molecule has 0 radical (unpaired) electrons. The fraction of sp³-hybridized carbons (Fsp3) is 0.304. The normalized spacial score (nSPS) is 11.6. The Morgan fingerprint density at radius 2 is 1.82 bits per heavy atom. The zero-order valence-corrected chi connectivity index (χ0v) is 16.7. The lowest BCUT2D eigenvalue weighted by molar-refractivity contribution is -0.111. The third-order valence-electron chi connectivity index (χ3n) is 5.11. The first-order valence-corrected chi connectivity index (χ1v) is 9.38.